The SMILES string of the molecule is O=C(Nc1ccccc1Cl)/C(=C/c1cccc([N+](=O)[O-])c1)NC(=O)c1cc([N+](=O)[O-])ccc1Cl. The molecule has 0 fully saturated rings. The maximum atomic E-state index is 13.0. The van der Waals surface area contributed by atoms with Crippen molar-refractivity contribution in [2.24, 2.45) is 0 Å². The van der Waals surface area contributed by atoms with Crippen LogP contribution in [0.3, 0.4) is 0 Å². The Balaban J connectivity index is 2.00. The lowest BCUT2D eigenvalue weighted by molar-refractivity contribution is -0.385. The summed E-state index contributed by atoms with van der Waals surface area (Å²) in [5.41, 5.74) is -0.669. The minimum absolute atomic E-state index is 0.0793. The number of hydrogen-bond donors (Lipinski definition) is 2. The Bertz CT molecular complexity index is 1340. The topological polar surface area (TPSA) is 144 Å². The van der Waals surface area contributed by atoms with Crippen molar-refractivity contribution in [1.29, 1.82) is 0 Å². The third-order valence-electron chi connectivity index (χ3n) is 4.41. The van der Waals surface area contributed by atoms with Gasteiger partial charge in [0.15, 0.2) is 0 Å². The number of nitro groups is 2. The van der Waals surface area contributed by atoms with Crippen LogP contribution in [0, 0.1) is 20.2 Å². The van der Waals surface area contributed by atoms with Crippen LogP contribution in [0.15, 0.2) is 72.4 Å². The molecule has 10 nitrogen and oxygen atoms in total. The Morgan fingerprint density at radius 3 is 2.18 bits per heavy atom. The summed E-state index contributed by atoms with van der Waals surface area (Å²) >= 11 is 12.1. The number of carbonyl (C=O) groups is 2. The predicted molar refractivity (Wildman–Crippen MR) is 127 cm³/mol. The van der Waals surface area contributed by atoms with Crippen LogP contribution in [0.2, 0.25) is 10.0 Å². The van der Waals surface area contributed by atoms with Gasteiger partial charge in [0.2, 0.25) is 0 Å². The van der Waals surface area contributed by atoms with Crippen molar-refractivity contribution in [1.82, 2.24) is 5.32 Å². The maximum absolute atomic E-state index is 13.0. The molecular formula is C22H14Cl2N4O6. The van der Waals surface area contributed by atoms with Gasteiger partial charge in [-0.3, -0.25) is 29.8 Å². The van der Waals surface area contributed by atoms with Crippen LogP contribution >= 0.6 is 23.2 Å². The number of para-hydroxylation sites is 1. The first-order valence-electron chi connectivity index (χ1n) is 9.43. The molecule has 0 aliphatic heterocycles. The van der Waals surface area contributed by atoms with Crippen molar-refractivity contribution in [2.45, 2.75) is 0 Å². The van der Waals surface area contributed by atoms with Crippen molar-refractivity contribution in [3.05, 3.63) is 114 Å². The molecular weight excluding hydrogens is 487 g/mol. The summed E-state index contributed by atoms with van der Waals surface area (Å²) in [6, 6.07) is 15.0. The molecule has 0 spiro atoms. The van der Waals surface area contributed by atoms with Crippen molar-refractivity contribution < 1.29 is 19.4 Å². The van der Waals surface area contributed by atoms with Gasteiger partial charge in [-0.15, -0.1) is 0 Å². The Morgan fingerprint density at radius 1 is 0.824 bits per heavy atom. The van der Waals surface area contributed by atoms with E-state index >= 15 is 0 Å². The lowest BCUT2D eigenvalue weighted by Crippen LogP contribution is -2.31. The average molecular weight is 501 g/mol. The third-order valence-corrected chi connectivity index (χ3v) is 5.07. The number of carbonyl (C=O) groups excluding carboxylic acids is 2. The molecule has 3 aromatic carbocycles. The fourth-order valence-corrected chi connectivity index (χ4v) is 3.18. The third kappa shape index (κ3) is 5.94. The van der Waals surface area contributed by atoms with Gasteiger partial charge in [0.1, 0.15) is 5.70 Å². The molecule has 0 saturated carbocycles. The second-order valence-electron chi connectivity index (χ2n) is 6.72. The number of amides is 2. The zero-order valence-corrected chi connectivity index (χ0v) is 18.5. The van der Waals surface area contributed by atoms with E-state index < -0.39 is 21.7 Å². The van der Waals surface area contributed by atoms with Gasteiger partial charge in [-0.05, 0) is 29.8 Å². The highest BCUT2D eigenvalue weighted by Crippen LogP contribution is 2.24. The monoisotopic (exact) mass is 500 g/mol. The summed E-state index contributed by atoms with van der Waals surface area (Å²) < 4.78 is 0. The first kappa shape index (κ1) is 24.4. The molecule has 0 saturated heterocycles. The lowest BCUT2D eigenvalue weighted by atomic mass is 10.1. The Kier molecular flexibility index (Phi) is 7.57. The minimum Gasteiger partial charge on any atom is -0.319 e. The minimum atomic E-state index is -0.903. The van der Waals surface area contributed by atoms with E-state index in [1.54, 1.807) is 18.2 Å². The van der Waals surface area contributed by atoms with Crippen LogP contribution in [-0.4, -0.2) is 21.7 Å². The number of rotatable bonds is 7. The van der Waals surface area contributed by atoms with E-state index in [2.05, 4.69) is 10.6 Å². The zero-order valence-electron chi connectivity index (χ0n) is 17.0. The van der Waals surface area contributed by atoms with Gasteiger partial charge in [0.25, 0.3) is 23.2 Å². The molecule has 0 aromatic heterocycles. The number of halogens is 2. The second kappa shape index (κ2) is 10.6. The van der Waals surface area contributed by atoms with Crippen molar-refractivity contribution in [3.63, 3.8) is 0 Å². The molecule has 0 unspecified atom stereocenters. The number of nitrogens with zero attached hydrogens (tertiary/aromatic N) is 2. The van der Waals surface area contributed by atoms with E-state index in [0.717, 1.165) is 12.1 Å². The van der Waals surface area contributed by atoms with E-state index in [0.29, 0.717) is 0 Å². The highest BCUT2D eigenvalue weighted by molar-refractivity contribution is 6.34. The molecule has 0 radical (unpaired) electrons. The Morgan fingerprint density at radius 2 is 1.50 bits per heavy atom. The number of nitrogens with one attached hydrogen (secondary N) is 2. The van der Waals surface area contributed by atoms with E-state index in [1.165, 1.54) is 42.5 Å². The van der Waals surface area contributed by atoms with Gasteiger partial charge >= 0.3 is 0 Å². The quantitative estimate of drug-likeness (QED) is 0.258. The number of nitro benzene ring substituents is 2. The smallest absolute Gasteiger partial charge is 0.272 e. The van der Waals surface area contributed by atoms with Gasteiger partial charge in [-0.1, -0.05) is 47.5 Å². The molecule has 0 bridgehead atoms. The fourth-order valence-electron chi connectivity index (χ4n) is 2.80. The van der Waals surface area contributed by atoms with E-state index in [9.17, 15) is 29.8 Å². The first-order valence-corrected chi connectivity index (χ1v) is 10.2. The zero-order chi connectivity index (χ0) is 24.8. The van der Waals surface area contributed by atoms with Gasteiger partial charge in [0.05, 0.1) is 31.1 Å². The normalized spacial score (nSPS) is 10.9. The molecule has 172 valence electrons. The summed E-state index contributed by atoms with van der Waals surface area (Å²) in [7, 11) is 0. The van der Waals surface area contributed by atoms with Gasteiger partial charge in [0, 0.05) is 24.3 Å². The van der Waals surface area contributed by atoms with Crippen molar-refractivity contribution in [3.8, 4) is 0 Å². The molecule has 3 aromatic rings. The molecule has 3 rings (SSSR count). The van der Waals surface area contributed by atoms with Crippen molar-refractivity contribution in [2.75, 3.05) is 5.32 Å². The van der Waals surface area contributed by atoms with Crippen LogP contribution in [-0.2, 0) is 4.79 Å². The van der Waals surface area contributed by atoms with Crippen LogP contribution in [0.4, 0.5) is 17.1 Å². The summed E-state index contributed by atoms with van der Waals surface area (Å²) in [4.78, 5) is 46.7. The van der Waals surface area contributed by atoms with E-state index in [-0.39, 0.29) is 43.9 Å². The standard InChI is InChI=1S/C22H14Cl2N4O6/c23-17-9-8-15(28(33)34)12-16(17)21(29)26-20(11-13-4-3-5-14(10-13)27(31)32)22(30)25-19-7-2-1-6-18(19)24/h1-12H,(H,25,30)(H,26,29)/b20-11-. The van der Waals surface area contributed by atoms with Gasteiger partial charge < -0.3 is 10.6 Å². The average Bonchev–Trinajstić information content (AvgIpc) is 2.80. The largest absolute Gasteiger partial charge is 0.319 e. The highest BCUT2D eigenvalue weighted by atomic mass is 35.5. The predicted octanol–water partition coefficient (Wildman–Crippen LogP) is 5.22. The highest BCUT2D eigenvalue weighted by Gasteiger charge is 2.20. The molecule has 0 atom stereocenters. The molecule has 0 aliphatic rings. The first-order chi connectivity index (χ1) is 16.2. The molecule has 0 heterocycles. The molecule has 0 aliphatic carbocycles. The Hall–Kier alpha value is -4.28. The number of hydrogen-bond acceptors (Lipinski definition) is 6. The molecule has 34 heavy (non-hydrogen) atoms. The summed E-state index contributed by atoms with van der Waals surface area (Å²) in [6.45, 7) is 0. The van der Waals surface area contributed by atoms with Crippen LogP contribution < -0.4 is 10.6 Å². The summed E-state index contributed by atoms with van der Waals surface area (Å²) in [5.74, 6) is -1.70. The number of anilines is 1. The summed E-state index contributed by atoms with van der Waals surface area (Å²) in [6.07, 6.45) is 1.21. The maximum Gasteiger partial charge on any atom is 0.272 e. The van der Waals surface area contributed by atoms with Gasteiger partial charge in [-0.2, -0.15) is 0 Å². The number of non-ortho nitro benzene ring substituents is 2. The lowest BCUT2D eigenvalue weighted by Gasteiger charge is -2.13. The van der Waals surface area contributed by atoms with Crippen molar-refractivity contribution >= 4 is 58.2 Å². The molecule has 12 heteroatoms. The van der Waals surface area contributed by atoms with Crippen LogP contribution in [0.1, 0.15) is 15.9 Å². The molecule has 2 amide bonds. The second-order valence-corrected chi connectivity index (χ2v) is 7.53. The Labute approximate surface area is 202 Å². The fraction of sp³-hybridized carbons (Fsp3) is 0. The van der Waals surface area contributed by atoms with Crippen LogP contribution in [0.25, 0.3) is 6.08 Å². The van der Waals surface area contributed by atoms with E-state index in [4.69, 9.17) is 23.2 Å². The molecule has 2 N–H and O–H groups in total. The van der Waals surface area contributed by atoms with E-state index in [1.807, 2.05) is 0 Å². The van der Waals surface area contributed by atoms with Crippen LogP contribution in [0.5, 0.6) is 0 Å². The van der Waals surface area contributed by atoms with Gasteiger partial charge in [-0.25, -0.2) is 0 Å². The summed E-state index contributed by atoms with van der Waals surface area (Å²) in [5, 5.41) is 27.2. The number of benzene rings is 3.